The number of benzene rings is 2. The van der Waals surface area contributed by atoms with Crippen molar-refractivity contribution in [2.45, 2.75) is 44.4 Å². The average Bonchev–Trinajstić information content (AvgIpc) is 2.98. The Labute approximate surface area is 164 Å². The van der Waals surface area contributed by atoms with Crippen molar-refractivity contribution in [2.75, 3.05) is 0 Å². The molecule has 2 aromatic carbocycles. The van der Waals surface area contributed by atoms with E-state index in [1.807, 2.05) is 30.3 Å². The zero-order chi connectivity index (χ0) is 19.5. The van der Waals surface area contributed by atoms with E-state index >= 15 is 0 Å². The van der Waals surface area contributed by atoms with Crippen LogP contribution in [-0.2, 0) is 9.63 Å². The summed E-state index contributed by atoms with van der Waals surface area (Å²) in [5, 5.41) is 0.615. The Balaban J connectivity index is 1.54. The van der Waals surface area contributed by atoms with Crippen molar-refractivity contribution in [3.63, 3.8) is 0 Å². The van der Waals surface area contributed by atoms with Crippen LogP contribution in [0.25, 0.3) is 0 Å². The third kappa shape index (κ3) is 3.57. The summed E-state index contributed by atoms with van der Waals surface area (Å²) >= 11 is 0. The van der Waals surface area contributed by atoms with Crippen LogP contribution in [0.5, 0.6) is 0 Å². The van der Waals surface area contributed by atoms with E-state index in [1.165, 1.54) is 19.3 Å². The Morgan fingerprint density at radius 3 is 2.07 bits per heavy atom. The number of imide groups is 1. The fourth-order valence-electron chi connectivity index (χ4n) is 4.21. The van der Waals surface area contributed by atoms with Gasteiger partial charge in [0, 0.05) is 0 Å². The molecule has 5 nitrogen and oxygen atoms in total. The van der Waals surface area contributed by atoms with Crippen LogP contribution in [-0.4, -0.2) is 22.8 Å². The van der Waals surface area contributed by atoms with E-state index in [2.05, 4.69) is 0 Å². The Morgan fingerprint density at radius 2 is 1.46 bits per heavy atom. The summed E-state index contributed by atoms with van der Waals surface area (Å²) < 4.78 is 0. The van der Waals surface area contributed by atoms with E-state index in [0.717, 1.165) is 18.4 Å². The van der Waals surface area contributed by atoms with Gasteiger partial charge in [-0.2, -0.15) is 0 Å². The molecule has 4 rings (SSSR count). The Morgan fingerprint density at radius 1 is 0.893 bits per heavy atom. The van der Waals surface area contributed by atoms with Crippen LogP contribution < -0.4 is 0 Å². The first-order valence-electron chi connectivity index (χ1n) is 9.89. The lowest BCUT2D eigenvalue weighted by Gasteiger charge is -2.26. The third-order valence-corrected chi connectivity index (χ3v) is 5.72. The summed E-state index contributed by atoms with van der Waals surface area (Å²) in [6.45, 7) is 0. The highest BCUT2D eigenvalue weighted by Gasteiger charge is 2.40. The molecule has 1 heterocycles. The molecule has 0 saturated heterocycles. The highest BCUT2D eigenvalue weighted by Crippen LogP contribution is 2.34. The second kappa shape index (κ2) is 7.97. The molecule has 1 unspecified atom stereocenters. The number of hydrogen-bond acceptors (Lipinski definition) is 4. The van der Waals surface area contributed by atoms with E-state index in [1.54, 1.807) is 24.3 Å². The van der Waals surface area contributed by atoms with Gasteiger partial charge in [0.1, 0.15) is 0 Å². The van der Waals surface area contributed by atoms with Crippen LogP contribution in [0.4, 0.5) is 0 Å². The molecular weight excluding hydrogens is 354 g/mol. The minimum absolute atomic E-state index is 0.267. The molecule has 1 saturated carbocycles. The maximum atomic E-state index is 13.0. The van der Waals surface area contributed by atoms with E-state index in [0.29, 0.717) is 17.4 Å². The first-order valence-corrected chi connectivity index (χ1v) is 9.89. The molecule has 0 spiro atoms. The van der Waals surface area contributed by atoms with Gasteiger partial charge in [-0.15, -0.1) is 0 Å². The quantitative estimate of drug-likeness (QED) is 0.720. The van der Waals surface area contributed by atoms with Gasteiger partial charge < -0.3 is 4.84 Å². The van der Waals surface area contributed by atoms with Crippen LogP contribution in [0.3, 0.4) is 0 Å². The fraction of sp³-hybridized carbons (Fsp3) is 0.348. The van der Waals surface area contributed by atoms with Crippen molar-refractivity contribution in [1.82, 2.24) is 5.06 Å². The molecule has 144 valence electrons. The van der Waals surface area contributed by atoms with Gasteiger partial charge in [-0.1, -0.05) is 79.6 Å². The highest BCUT2D eigenvalue weighted by atomic mass is 16.7. The standard InChI is InChI=1S/C23H23NO4/c25-21-18-13-7-8-14-19(18)22(26)24(21)28-23(27)20(17-11-5-2-6-12-17)15-16-9-3-1-4-10-16/h2,5-8,11-14,16,20H,1,3-4,9-10,15H2. The van der Waals surface area contributed by atoms with Crippen molar-refractivity contribution in [2.24, 2.45) is 5.92 Å². The summed E-state index contributed by atoms with van der Waals surface area (Å²) in [4.78, 5) is 43.5. The minimum Gasteiger partial charge on any atom is -0.329 e. The normalized spacial score (nSPS) is 18.1. The minimum atomic E-state index is -0.585. The lowest BCUT2D eigenvalue weighted by molar-refractivity contribution is -0.171. The van der Waals surface area contributed by atoms with E-state index in [4.69, 9.17) is 4.84 Å². The van der Waals surface area contributed by atoms with Gasteiger partial charge in [-0.3, -0.25) is 9.59 Å². The van der Waals surface area contributed by atoms with E-state index in [9.17, 15) is 14.4 Å². The van der Waals surface area contributed by atoms with Crippen molar-refractivity contribution in [1.29, 1.82) is 0 Å². The second-order valence-corrected chi connectivity index (χ2v) is 7.56. The first kappa shape index (κ1) is 18.4. The predicted octanol–water partition coefficient (Wildman–Crippen LogP) is 4.50. The molecule has 1 aliphatic heterocycles. The van der Waals surface area contributed by atoms with Crippen molar-refractivity contribution in [3.8, 4) is 0 Å². The molecule has 0 bridgehead atoms. The number of rotatable bonds is 5. The maximum Gasteiger partial charge on any atom is 0.340 e. The van der Waals surface area contributed by atoms with Gasteiger partial charge in [0.05, 0.1) is 17.0 Å². The van der Waals surface area contributed by atoms with Gasteiger partial charge in [0.2, 0.25) is 0 Å². The lowest BCUT2D eigenvalue weighted by Crippen LogP contribution is -2.35. The number of fused-ring (bicyclic) bond motifs is 1. The summed E-state index contributed by atoms with van der Waals surface area (Å²) in [5.74, 6) is -1.76. The van der Waals surface area contributed by atoms with Crippen molar-refractivity contribution in [3.05, 3.63) is 71.3 Å². The lowest BCUT2D eigenvalue weighted by atomic mass is 9.80. The molecule has 2 aromatic rings. The molecule has 2 aliphatic rings. The molecule has 2 amide bonds. The number of carbonyl (C=O) groups is 3. The fourth-order valence-corrected chi connectivity index (χ4v) is 4.21. The monoisotopic (exact) mass is 377 g/mol. The Bertz CT molecular complexity index is 851. The van der Waals surface area contributed by atoms with Gasteiger partial charge in [-0.05, 0) is 30.0 Å². The SMILES string of the molecule is O=C(ON1C(=O)c2ccccc2C1=O)C(CC1CCCCC1)c1ccccc1. The molecule has 5 heteroatoms. The molecule has 1 aliphatic carbocycles. The summed E-state index contributed by atoms with van der Waals surface area (Å²) in [5.41, 5.74) is 1.39. The van der Waals surface area contributed by atoms with Crippen molar-refractivity contribution < 1.29 is 19.2 Å². The summed E-state index contributed by atoms with van der Waals surface area (Å²) in [7, 11) is 0. The largest absolute Gasteiger partial charge is 0.340 e. The number of carbonyl (C=O) groups excluding carboxylic acids is 3. The smallest absolute Gasteiger partial charge is 0.329 e. The van der Waals surface area contributed by atoms with E-state index in [-0.39, 0.29) is 11.1 Å². The van der Waals surface area contributed by atoms with Gasteiger partial charge >= 0.3 is 5.97 Å². The first-order chi connectivity index (χ1) is 13.6. The second-order valence-electron chi connectivity index (χ2n) is 7.56. The predicted molar refractivity (Wildman–Crippen MR) is 103 cm³/mol. The molecular formula is C23H23NO4. The molecule has 0 N–H and O–H groups in total. The number of hydroxylamine groups is 2. The Hall–Kier alpha value is -2.95. The number of nitrogens with zero attached hydrogens (tertiary/aromatic N) is 1. The van der Waals surface area contributed by atoms with Crippen LogP contribution >= 0.6 is 0 Å². The van der Waals surface area contributed by atoms with Gasteiger partial charge in [0.25, 0.3) is 11.8 Å². The topological polar surface area (TPSA) is 63.7 Å². The van der Waals surface area contributed by atoms with E-state index < -0.39 is 23.7 Å². The molecule has 0 radical (unpaired) electrons. The molecule has 1 fully saturated rings. The Kier molecular flexibility index (Phi) is 5.24. The molecule has 28 heavy (non-hydrogen) atoms. The van der Waals surface area contributed by atoms with Crippen molar-refractivity contribution >= 4 is 17.8 Å². The maximum absolute atomic E-state index is 13.0. The average molecular weight is 377 g/mol. The number of amides is 2. The third-order valence-electron chi connectivity index (χ3n) is 5.72. The summed E-state index contributed by atoms with van der Waals surface area (Å²) in [6, 6.07) is 16.0. The molecule has 0 aromatic heterocycles. The zero-order valence-corrected chi connectivity index (χ0v) is 15.7. The van der Waals surface area contributed by atoms with Crippen LogP contribution in [0.2, 0.25) is 0 Å². The number of hydrogen-bond donors (Lipinski definition) is 0. The highest BCUT2D eigenvalue weighted by molar-refractivity contribution is 6.20. The van der Waals surface area contributed by atoms with Gasteiger partial charge in [-0.25, -0.2) is 4.79 Å². The summed E-state index contributed by atoms with van der Waals surface area (Å²) in [6.07, 6.45) is 6.48. The molecule has 1 atom stereocenters. The van der Waals surface area contributed by atoms with Gasteiger partial charge in [0.15, 0.2) is 0 Å². The zero-order valence-electron chi connectivity index (χ0n) is 15.7. The van der Waals surface area contributed by atoms with Crippen LogP contribution in [0, 0.1) is 5.92 Å². The van der Waals surface area contributed by atoms with Crippen LogP contribution in [0.15, 0.2) is 54.6 Å². The van der Waals surface area contributed by atoms with Crippen LogP contribution in [0.1, 0.15) is 70.7 Å².